The topological polar surface area (TPSA) is 95.6 Å². The maximum absolute atomic E-state index is 12.9. The number of hydrogen-bond donors (Lipinski definition) is 2. The number of carbonyl (C=O) groups is 2. The molecule has 0 radical (unpaired) electrons. The minimum atomic E-state index is -3.83. The molecule has 1 heterocycles. The predicted octanol–water partition coefficient (Wildman–Crippen LogP) is 4.35. The van der Waals surface area contributed by atoms with Gasteiger partial charge in [0.25, 0.3) is 11.8 Å². The number of amides is 2. The number of rotatable bonds is 7. The van der Waals surface area contributed by atoms with Gasteiger partial charge in [0.2, 0.25) is 10.0 Å². The van der Waals surface area contributed by atoms with Crippen LogP contribution in [0.5, 0.6) is 0 Å². The zero-order chi connectivity index (χ0) is 24.8. The van der Waals surface area contributed by atoms with Gasteiger partial charge in [0.1, 0.15) is 0 Å². The smallest absolute Gasteiger partial charge is 0.255 e. The molecule has 1 aliphatic heterocycles. The molecule has 1 aliphatic rings. The van der Waals surface area contributed by atoms with E-state index in [1.165, 1.54) is 6.07 Å². The molecule has 0 unspecified atom stereocenters. The van der Waals surface area contributed by atoms with E-state index < -0.39 is 15.9 Å². The highest BCUT2D eigenvalue weighted by molar-refractivity contribution is 7.89. The average molecular weight is 492 g/mol. The Kier molecular flexibility index (Phi) is 7.63. The van der Waals surface area contributed by atoms with Crippen molar-refractivity contribution >= 4 is 27.5 Å². The summed E-state index contributed by atoms with van der Waals surface area (Å²) in [6, 6.07) is 20.6. The van der Waals surface area contributed by atoms with Crippen molar-refractivity contribution in [1.29, 1.82) is 0 Å². The second-order valence-corrected chi connectivity index (χ2v) is 10.4. The third-order valence-corrected chi connectivity index (χ3v) is 7.60. The van der Waals surface area contributed by atoms with Crippen LogP contribution in [0.15, 0.2) is 77.7 Å². The van der Waals surface area contributed by atoms with Gasteiger partial charge in [0.15, 0.2) is 0 Å². The molecule has 1 fully saturated rings. The molecular weight excluding hydrogens is 462 g/mol. The highest BCUT2D eigenvalue weighted by Crippen LogP contribution is 2.20. The summed E-state index contributed by atoms with van der Waals surface area (Å²) in [5.74, 6) is -0.499. The van der Waals surface area contributed by atoms with Crippen molar-refractivity contribution in [3.63, 3.8) is 0 Å². The fraction of sp³-hybridized carbons (Fsp3) is 0.259. The lowest BCUT2D eigenvalue weighted by atomic mass is 10.1. The Morgan fingerprint density at radius 2 is 1.60 bits per heavy atom. The van der Waals surface area contributed by atoms with Gasteiger partial charge in [-0.3, -0.25) is 9.59 Å². The molecule has 3 aromatic rings. The van der Waals surface area contributed by atoms with Gasteiger partial charge < -0.3 is 10.2 Å². The lowest BCUT2D eigenvalue weighted by Crippen LogP contribution is -2.35. The number of hydrogen-bond acceptors (Lipinski definition) is 4. The molecule has 4 rings (SSSR count). The molecule has 0 saturated carbocycles. The van der Waals surface area contributed by atoms with E-state index in [9.17, 15) is 18.0 Å². The van der Waals surface area contributed by atoms with Gasteiger partial charge in [-0.15, -0.1) is 0 Å². The number of benzene rings is 3. The molecule has 0 spiro atoms. The molecule has 0 atom stereocenters. The number of aryl methyl sites for hydroxylation is 1. The number of sulfonamides is 1. The Morgan fingerprint density at radius 3 is 2.34 bits per heavy atom. The van der Waals surface area contributed by atoms with Gasteiger partial charge in [0.05, 0.1) is 4.90 Å². The number of nitrogens with one attached hydrogen (secondary N) is 2. The number of piperidine rings is 1. The Labute approximate surface area is 206 Å². The average Bonchev–Trinajstić information content (AvgIpc) is 2.88. The zero-order valence-corrected chi connectivity index (χ0v) is 20.5. The molecule has 3 aromatic carbocycles. The van der Waals surface area contributed by atoms with Gasteiger partial charge in [-0.05, 0) is 67.6 Å². The lowest BCUT2D eigenvalue weighted by molar-refractivity contribution is 0.0724. The van der Waals surface area contributed by atoms with Gasteiger partial charge in [-0.2, -0.15) is 0 Å². The quantitative estimate of drug-likeness (QED) is 0.514. The van der Waals surface area contributed by atoms with E-state index in [1.54, 1.807) is 43.3 Å². The van der Waals surface area contributed by atoms with Crippen LogP contribution in [0, 0.1) is 6.92 Å². The predicted molar refractivity (Wildman–Crippen MR) is 136 cm³/mol. The first kappa shape index (κ1) is 24.6. The summed E-state index contributed by atoms with van der Waals surface area (Å²) < 4.78 is 28.5. The molecule has 35 heavy (non-hydrogen) atoms. The summed E-state index contributed by atoms with van der Waals surface area (Å²) >= 11 is 0. The van der Waals surface area contributed by atoms with Crippen molar-refractivity contribution < 1.29 is 18.0 Å². The largest absolute Gasteiger partial charge is 0.339 e. The van der Waals surface area contributed by atoms with Crippen molar-refractivity contribution in [3.05, 3.63) is 95.1 Å². The Bertz CT molecular complexity index is 1320. The van der Waals surface area contributed by atoms with Gasteiger partial charge in [-0.25, -0.2) is 13.1 Å². The van der Waals surface area contributed by atoms with Crippen LogP contribution >= 0.6 is 0 Å². The van der Waals surface area contributed by atoms with Crippen LogP contribution in [-0.2, 0) is 16.6 Å². The summed E-state index contributed by atoms with van der Waals surface area (Å²) in [6.45, 7) is 3.33. The molecule has 8 heteroatoms. The van der Waals surface area contributed by atoms with E-state index in [-0.39, 0.29) is 22.9 Å². The zero-order valence-electron chi connectivity index (χ0n) is 19.7. The molecule has 0 bridgehead atoms. The van der Waals surface area contributed by atoms with E-state index in [1.807, 2.05) is 35.2 Å². The minimum Gasteiger partial charge on any atom is -0.339 e. The van der Waals surface area contributed by atoms with Crippen LogP contribution in [0.2, 0.25) is 0 Å². The second kappa shape index (κ2) is 10.8. The van der Waals surface area contributed by atoms with Crippen molar-refractivity contribution in [2.45, 2.75) is 37.6 Å². The SMILES string of the molecule is Cc1ccc(C(=O)Nc2cccc(C(=O)N3CCCCC3)c2)cc1S(=O)(=O)NCc1ccccc1. The number of anilines is 1. The fourth-order valence-electron chi connectivity index (χ4n) is 4.10. The van der Waals surface area contributed by atoms with Crippen molar-refractivity contribution in [2.24, 2.45) is 0 Å². The Morgan fingerprint density at radius 1 is 0.857 bits per heavy atom. The summed E-state index contributed by atoms with van der Waals surface area (Å²) in [6.07, 6.45) is 3.14. The van der Waals surface area contributed by atoms with Crippen LogP contribution in [0.4, 0.5) is 5.69 Å². The summed E-state index contributed by atoms with van der Waals surface area (Å²) in [5, 5.41) is 2.79. The van der Waals surface area contributed by atoms with Crippen LogP contribution in [0.3, 0.4) is 0 Å². The molecule has 2 N–H and O–H groups in total. The van der Waals surface area contributed by atoms with E-state index in [0.29, 0.717) is 16.8 Å². The fourth-order valence-corrected chi connectivity index (χ4v) is 5.38. The Hall–Kier alpha value is -3.49. The highest BCUT2D eigenvalue weighted by atomic mass is 32.2. The van der Waals surface area contributed by atoms with Gasteiger partial charge >= 0.3 is 0 Å². The maximum atomic E-state index is 12.9. The second-order valence-electron chi connectivity index (χ2n) is 8.68. The standard InChI is InChI=1S/C27H29N3O4S/c1-20-13-14-22(18-25(20)35(33,34)28-19-21-9-4-2-5-10-21)26(31)29-24-12-8-11-23(17-24)27(32)30-15-6-3-7-16-30/h2,4-5,8-14,17-18,28H,3,6-7,15-16,19H2,1H3,(H,29,31). The molecule has 7 nitrogen and oxygen atoms in total. The molecule has 0 aromatic heterocycles. The number of carbonyl (C=O) groups excluding carboxylic acids is 2. The molecule has 2 amide bonds. The summed E-state index contributed by atoms with van der Waals surface area (Å²) in [4.78, 5) is 27.6. The van der Waals surface area contributed by atoms with Gasteiger partial charge in [0, 0.05) is 36.4 Å². The third kappa shape index (κ3) is 6.15. The monoisotopic (exact) mass is 491 g/mol. The van der Waals surface area contributed by atoms with Crippen LogP contribution in [0.1, 0.15) is 51.1 Å². The van der Waals surface area contributed by atoms with E-state index >= 15 is 0 Å². The highest BCUT2D eigenvalue weighted by Gasteiger charge is 2.21. The first-order valence-corrected chi connectivity index (χ1v) is 13.2. The van der Waals surface area contributed by atoms with Crippen LogP contribution in [-0.4, -0.2) is 38.2 Å². The van der Waals surface area contributed by atoms with Crippen LogP contribution in [0.25, 0.3) is 0 Å². The van der Waals surface area contributed by atoms with E-state index in [0.717, 1.165) is 37.9 Å². The lowest BCUT2D eigenvalue weighted by Gasteiger charge is -2.26. The van der Waals surface area contributed by atoms with Crippen molar-refractivity contribution in [3.8, 4) is 0 Å². The molecule has 182 valence electrons. The normalized spacial score (nSPS) is 13.9. The van der Waals surface area contributed by atoms with Gasteiger partial charge in [-0.1, -0.05) is 42.5 Å². The number of nitrogens with zero attached hydrogens (tertiary/aromatic N) is 1. The van der Waals surface area contributed by atoms with Crippen molar-refractivity contribution in [1.82, 2.24) is 9.62 Å². The van der Waals surface area contributed by atoms with Crippen molar-refractivity contribution in [2.75, 3.05) is 18.4 Å². The third-order valence-electron chi connectivity index (χ3n) is 6.06. The maximum Gasteiger partial charge on any atom is 0.255 e. The van der Waals surface area contributed by atoms with E-state index in [2.05, 4.69) is 10.0 Å². The molecule has 0 aliphatic carbocycles. The minimum absolute atomic E-state index is 0.0472. The van der Waals surface area contributed by atoms with E-state index in [4.69, 9.17) is 0 Å². The van der Waals surface area contributed by atoms with Crippen LogP contribution < -0.4 is 10.0 Å². The first-order valence-electron chi connectivity index (χ1n) is 11.7. The summed E-state index contributed by atoms with van der Waals surface area (Å²) in [5.41, 5.74) is 2.58. The first-order chi connectivity index (χ1) is 16.8. The Balaban J connectivity index is 1.48. The molecular formula is C27H29N3O4S. The number of likely N-dealkylation sites (tertiary alicyclic amines) is 1. The summed E-state index contributed by atoms with van der Waals surface area (Å²) in [7, 11) is -3.83. The molecule has 1 saturated heterocycles.